The van der Waals surface area contributed by atoms with Crippen LogP contribution in [0.2, 0.25) is 0 Å². The number of sulfone groups is 1. The van der Waals surface area contributed by atoms with Crippen LogP contribution >= 0.6 is 0 Å². The molecule has 1 N–H and O–H groups in total. The van der Waals surface area contributed by atoms with Crippen LogP contribution in [0.4, 0.5) is 6.01 Å². The molecule has 0 spiro atoms. The van der Waals surface area contributed by atoms with Crippen molar-refractivity contribution in [2.75, 3.05) is 5.32 Å². The smallest absolute Gasteiger partial charge is 0.322 e. The van der Waals surface area contributed by atoms with Crippen LogP contribution < -0.4 is 5.32 Å². The number of carbonyl (C=O) groups is 1. The summed E-state index contributed by atoms with van der Waals surface area (Å²) in [6.45, 7) is 9.14. The Morgan fingerprint density at radius 2 is 1.80 bits per heavy atom. The highest BCUT2D eigenvalue weighted by Crippen LogP contribution is 2.19. The molecule has 1 aromatic carbocycles. The van der Waals surface area contributed by atoms with Crippen LogP contribution in [-0.4, -0.2) is 39.6 Å². The molecule has 0 saturated carbocycles. The highest BCUT2D eigenvalue weighted by Gasteiger charge is 2.19. The third-order valence-electron chi connectivity index (χ3n) is 4.56. The molecule has 0 aliphatic carbocycles. The summed E-state index contributed by atoms with van der Waals surface area (Å²) in [7, 11) is -3.32. The molecular formula is C20H25N5O4S. The molecule has 2 heterocycles. The number of aryl methyl sites for hydroxylation is 1. The van der Waals surface area contributed by atoms with Gasteiger partial charge in [-0.3, -0.25) is 14.8 Å². The highest BCUT2D eigenvalue weighted by atomic mass is 32.2. The van der Waals surface area contributed by atoms with Gasteiger partial charge in [0.15, 0.2) is 15.5 Å². The lowest BCUT2D eigenvalue weighted by Crippen LogP contribution is -2.14. The molecule has 0 atom stereocenters. The first-order valence-electron chi connectivity index (χ1n) is 9.60. The van der Waals surface area contributed by atoms with Crippen LogP contribution in [0, 0.1) is 6.92 Å². The second kappa shape index (κ2) is 8.39. The number of carbonyl (C=O) groups excluding carboxylic acids is 1. The molecule has 0 aliphatic heterocycles. The number of nitrogens with zero attached hydrogens (tertiary/aromatic N) is 4. The number of aromatic nitrogens is 4. The van der Waals surface area contributed by atoms with Crippen molar-refractivity contribution in [3.63, 3.8) is 0 Å². The maximum atomic E-state index is 12.4. The third-order valence-corrected chi connectivity index (χ3v) is 6.73. The lowest BCUT2D eigenvalue weighted by atomic mass is 10.1. The largest absolute Gasteiger partial charge is 0.407 e. The van der Waals surface area contributed by atoms with Gasteiger partial charge in [-0.1, -0.05) is 17.2 Å². The van der Waals surface area contributed by atoms with Crippen LogP contribution in [0.25, 0.3) is 0 Å². The summed E-state index contributed by atoms with van der Waals surface area (Å²) < 4.78 is 31.6. The SMILES string of the molecule is Cc1cc(C(=O)Nc2nnc(Cc3ccc(S(=O)(=O)C(C)C)cc3)o2)nn1C(C)C. The van der Waals surface area contributed by atoms with E-state index in [9.17, 15) is 13.2 Å². The van der Waals surface area contributed by atoms with Gasteiger partial charge in [-0.25, -0.2) is 8.42 Å². The molecule has 2 aromatic heterocycles. The molecule has 0 unspecified atom stereocenters. The van der Waals surface area contributed by atoms with Crippen molar-refractivity contribution >= 4 is 21.8 Å². The molecule has 1 amide bonds. The Bertz CT molecular complexity index is 1140. The van der Waals surface area contributed by atoms with Crippen molar-refractivity contribution < 1.29 is 17.6 Å². The van der Waals surface area contributed by atoms with Gasteiger partial charge < -0.3 is 4.42 Å². The highest BCUT2D eigenvalue weighted by molar-refractivity contribution is 7.92. The molecule has 3 rings (SSSR count). The summed E-state index contributed by atoms with van der Waals surface area (Å²) in [6.07, 6.45) is 0.311. The van der Waals surface area contributed by atoms with Gasteiger partial charge in [0.25, 0.3) is 5.91 Å². The van der Waals surface area contributed by atoms with E-state index in [0.717, 1.165) is 11.3 Å². The Hall–Kier alpha value is -3.01. The average Bonchev–Trinajstić information content (AvgIpc) is 3.28. The summed E-state index contributed by atoms with van der Waals surface area (Å²) >= 11 is 0. The zero-order valence-electron chi connectivity index (χ0n) is 17.6. The fraction of sp³-hybridized carbons (Fsp3) is 0.400. The van der Waals surface area contributed by atoms with E-state index in [1.54, 1.807) is 48.9 Å². The van der Waals surface area contributed by atoms with Crippen molar-refractivity contribution in [2.45, 2.75) is 57.2 Å². The molecule has 0 aliphatic rings. The Morgan fingerprint density at radius 1 is 1.13 bits per heavy atom. The number of rotatable bonds is 7. The molecule has 0 saturated heterocycles. The number of benzene rings is 1. The quantitative estimate of drug-likeness (QED) is 0.610. The van der Waals surface area contributed by atoms with Gasteiger partial charge in [-0.15, -0.1) is 5.10 Å². The van der Waals surface area contributed by atoms with Crippen LogP contribution in [0.15, 0.2) is 39.6 Å². The number of hydrogen-bond donors (Lipinski definition) is 1. The maximum Gasteiger partial charge on any atom is 0.322 e. The van der Waals surface area contributed by atoms with Crippen molar-refractivity contribution in [1.29, 1.82) is 0 Å². The monoisotopic (exact) mass is 431 g/mol. The Kier molecular flexibility index (Phi) is 6.06. The van der Waals surface area contributed by atoms with Crippen LogP contribution in [0.5, 0.6) is 0 Å². The topological polar surface area (TPSA) is 120 Å². The van der Waals surface area contributed by atoms with Gasteiger partial charge in [-0.05, 0) is 58.4 Å². The zero-order chi connectivity index (χ0) is 22.1. The Morgan fingerprint density at radius 3 is 2.37 bits per heavy atom. The summed E-state index contributed by atoms with van der Waals surface area (Å²) in [5, 5.41) is 14.1. The minimum absolute atomic E-state index is 0.0224. The van der Waals surface area contributed by atoms with Crippen molar-refractivity contribution in [1.82, 2.24) is 20.0 Å². The van der Waals surface area contributed by atoms with Crippen LogP contribution in [0.3, 0.4) is 0 Å². The third kappa shape index (κ3) is 4.59. The summed E-state index contributed by atoms with van der Waals surface area (Å²) in [5.41, 5.74) is 1.96. The second-order valence-electron chi connectivity index (χ2n) is 7.58. The van der Waals surface area contributed by atoms with E-state index in [1.807, 2.05) is 20.8 Å². The van der Waals surface area contributed by atoms with E-state index in [4.69, 9.17) is 4.42 Å². The lowest BCUT2D eigenvalue weighted by molar-refractivity contribution is 0.101. The maximum absolute atomic E-state index is 12.4. The van der Waals surface area contributed by atoms with Gasteiger partial charge in [0.05, 0.1) is 16.6 Å². The molecule has 10 heteroatoms. The molecular weight excluding hydrogens is 406 g/mol. The van der Waals surface area contributed by atoms with Crippen LogP contribution in [0.1, 0.15) is 61.4 Å². The molecule has 0 bridgehead atoms. The average molecular weight is 432 g/mol. The Balaban J connectivity index is 1.67. The number of anilines is 1. The number of nitrogens with one attached hydrogen (secondary N) is 1. The van der Waals surface area contributed by atoms with E-state index in [2.05, 4.69) is 20.6 Å². The molecule has 30 heavy (non-hydrogen) atoms. The first-order valence-corrected chi connectivity index (χ1v) is 11.1. The molecule has 9 nitrogen and oxygen atoms in total. The number of amides is 1. The molecule has 0 radical (unpaired) electrons. The van der Waals surface area contributed by atoms with Gasteiger partial charge in [0.2, 0.25) is 5.89 Å². The number of hydrogen-bond acceptors (Lipinski definition) is 7. The fourth-order valence-corrected chi connectivity index (χ4v) is 3.96. The van der Waals surface area contributed by atoms with Crippen molar-refractivity contribution in [3.05, 3.63) is 53.2 Å². The predicted molar refractivity (Wildman–Crippen MR) is 111 cm³/mol. The molecule has 160 valence electrons. The van der Waals surface area contributed by atoms with E-state index >= 15 is 0 Å². The Labute approximate surface area is 175 Å². The van der Waals surface area contributed by atoms with Crippen LogP contribution in [-0.2, 0) is 16.3 Å². The van der Waals surface area contributed by atoms with Gasteiger partial charge in [-0.2, -0.15) is 5.10 Å². The minimum atomic E-state index is -3.32. The van der Waals surface area contributed by atoms with Gasteiger partial charge in [0, 0.05) is 11.7 Å². The normalized spacial score (nSPS) is 12.0. The second-order valence-corrected chi connectivity index (χ2v) is 10.1. The summed E-state index contributed by atoms with van der Waals surface area (Å²) in [4.78, 5) is 12.7. The summed E-state index contributed by atoms with van der Waals surface area (Å²) in [5.74, 6) is -0.135. The first-order chi connectivity index (χ1) is 14.1. The van der Waals surface area contributed by atoms with Gasteiger partial charge >= 0.3 is 6.01 Å². The van der Waals surface area contributed by atoms with Crippen molar-refractivity contribution in [2.24, 2.45) is 0 Å². The standard InChI is InChI=1S/C20H25N5O4S/c1-12(2)25-14(5)10-17(24-25)19(26)21-20-23-22-18(29-20)11-15-6-8-16(9-7-15)30(27,28)13(3)4/h6-10,12-13H,11H2,1-5H3,(H,21,23,26). The zero-order valence-corrected chi connectivity index (χ0v) is 18.4. The molecule has 3 aromatic rings. The van der Waals surface area contributed by atoms with Gasteiger partial charge in [0.1, 0.15) is 0 Å². The van der Waals surface area contributed by atoms with E-state index in [-0.39, 0.29) is 22.6 Å². The lowest BCUT2D eigenvalue weighted by Gasteiger charge is -2.08. The molecule has 0 fully saturated rings. The van der Waals surface area contributed by atoms with Crippen molar-refractivity contribution in [3.8, 4) is 0 Å². The first kappa shape index (κ1) is 21.7. The van der Waals surface area contributed by atoms with E-state index < -0.39 is 21.0 Å². The minimum Gasteiger partial charge on any atom is -0.407 e. The van der Waals surface area contributed by atoms with E-state index in [1.165, 1.54) is 0 Å². The summed E-state index contributed by atoms with van der Waals surface area (Å²) in [6, 6.07) is 8.36. The fourth-order valence-electron chi connectivity index (χ4n) is 2.90. The predicted octanol–water partition coefficient (Wildman–Crippen LogP) is 3.18. The van der Waals surface area contributed by atoms with E-state index in [0.29, 0.717) is 12.3 Å².